The Balaban J connectivity index is 1.30. The van der Waals surface area contributed by atoms with Gasteiger partial charge < -0.3 is 9.80 Å². The molecule has 0 radical (unpaired) electrons. The number of piperazine rings is 1. The number of carbonyl (C=O) groups is 1. The molecule has 0 atom stereocenters. The minimum absolute atomic E-state index is 0.102. The third-order valence-electron chi connectivity index (χ3n) is 4.95. The fourth-order valence-corrected chi connectivity index (χ4v) is 5.26. The summed E-state index contributed by atoms with van der Waals surface area (Å²) in [6.45, 7) is 5.16. The monoisotopic (exact) mass is 394 g/mol. The maximum Gasteiger partial charge on any atom is 0.254 e. The lowest BCUT2D eigenvalue weighted by Crippen LogP contribution is -2.48. The van der Waals surface area contributed by atoms with Gasteiger partial charge in [-0.25, -0.2) is 9.97 Å². The molecule has 1 fully saturated rings. The van der Waals surface area contributed by atoms with Gasteiger partial charge in [-0.1, -0.05) is 17.4 Å². The number of benzene rings is 2. The Morgan fingerprint density at radius 2 is 1.81 bits per heavy atom. The molecule has 1 amide bonds. The van der Waals surface area contributed by atoms with Crippen molar-refractivity contribution in [2.24, 2.45) is 0 Å². The highest BCUT2D eigenvalue weighted by atomic mass is 32.1. The normalized spacial score (nSPS) is 15.0. The van der Waals surface area contributed by atoms with Gasteiger partial charge in [-0.2, -0.15) is 0 Å². The Bertz CT molecular complexity index is 1140. The number of aromatic nitrogens is 2. The smallest absolute Gasteiger partial charge is 0.254 e. The lowest BCUT2D eigenvalue weighted by molar-refractivity contribution is 0.0747. The van der Waals surface area contributed by atoms with Crippen molar-refractivity contribution < 1.29 is 4.79 Å². The van der Waals surface area contributed by atoms with Crippen LogP contribution in [0.4, 0.5) is 5.13 Å². The molecule has 2 aromatic heterocycles. The van der Waals surface area contributed by atoms with E-state index in [-0.39, 0.29) is 5.91 Å². The van der Waals surface area contributed by atoms with E-state index in [9.17, 15) is 4.79 Å². The van der Waals surface area contributed by atoms with Gasteiger partial charge in [0.05, 0.1) is 25.9 Å². The Morgan fingerprint density at radius 3 is 2.67 bits per heavy atom. The summed E-state index contributed by atoms with van der Waals surface area (Å²) in [4.78, 5) is 26.1. The minimum Gasteiger partial charge on any atom is -0.345 e. The van der Waals surface area contributed by atoms with Crippen LogP contribution in [0, 0.1) is 6.92 Å². The molecule has 1 aliphatic rings. The van der Waals surface area contributed by atoms with Crippen molar-refractivity contribution in [2.75, 3.05) is 31.1 Å². The predicted molar refractivity (Wildman–Crippen MR) is 112 cm³/mol. The van der Waals surface area contributed by atoms with Gasteiger partial charge in [-0.3, -0.25) is 4.79 Å². The van der Waals surface area contributed by atoms with Crippen LogP contribution in [0.1, 0.15) is 15.9 Å². The third-order valence-corrected chi connectivity index (χ3v) is 6.82. The van der Waals surface area contributed by atoms with Gasteiger partial charge in [0, 0.05) is 31.7 Å². The number of carbonyl (C=O) groups excluding carboxylic acids is 1. The highest BCUT2D eigenvalue weighted by Crippen LogP contribution is 2.30. The van der Waals surface area contributed by atoms with Crippen LogP contribution in [0.5, 0.6) is 0 Å². The molecule has 3 heterocycles. The van der Waals surface area contributed by atoms with Crippen LogP contribution < -0.4 is 4.90 Å². The van der Waals surface area contributed by atoms with Crippen LogP contribution in [0.2, 0.25) is 0 Å². The van der Waals surface area contributed by atoms with E-state index < -0.39 is 0 Å². The van der Waals surface area contributed by atoms with Crippen LogP contribution in [0.15, 0.2) is 41.9 Å². The quantitative estimate of drug-likeness (QED) is 0.512. The summed E-state index contributed by atoms with van der Waals surface area (Å²) < 4.78 is 2.28. The topological polar surface area (TPSA) is 49.3 Å². The van der Waals surface area contributed by atoms with Crippen molar-refractivity contribution in [3.05, 3.63) is 53.0 Å². The van der Waals surface area contributed by atoms with Gasteiger partial charge in [0.2, 0.25) is 0 Å². The average Bonchev–Trinajstić information content (AvgIpc) is 3.33. The largest absolute Gasteiger partial charge is 0.345 e. The summed E-state index contributed by atoms with van der Waals surface area (Å²) in [5.41, 5.74) is 5.82. The number of fused-ring (bicyclic) bond motifs is 2. The molecule has 0 saturated carbocycles. The van der Waals surface area contributed by atoms with Crippen molar-refractivity contribution in [2.45, 2.75) is 6.92 Å². The molecular formula is C20H18N4OS2. The fourth-order valence-electron chi connectivity index (χ4n) is 3.43. The van der Waals surface area contributed by atoms with Crippen molar-refractivity contribution >= 4 is 54.1 Å². The zero-order valence-electron chi connectivity index (χ0n) is 14.9. The molecule has 0 unspecified atom stereocenters. The minimum atomic E-state index is 0.102. The van der Waals surface area contributed by atoms with Crippen LogP contribution in [0.25, 0.3) is 20.4 Å². The van der Waals surface area contributed by atoms with Crippen LogP contribution in [-0.4, -0.2) is 47.0 Å². The predicted octanol–water partition coefficient (Wildman–Crippen LogP) is 4.18. The molecule has 136 valence electrons. The van der Waals surface area contributed by atoms with E-state index in [0.29, 0.717) is 13.1 Å². The summed E-state index contributed by atoms with van der Waals surface area (Å²) in [5, 5.41) is 1.05. The molecule has 27 heavy (non-hydrogen) atoms. The Labute approximate surface area is 164 Å². The number of nitrogens with zero attached hydrogens (tertiary/aromatic N) is 4. The number of hydrogen-bond acceptors (Lipinski definition) is 6. The van der Waals surface area contributed by atoms with Crippen LogP contribution in [0.3, 0.4) is 0 Å². The van der Waals surface area contributed by atoms with Crippen molar-refractivity contribution in [3.63, 3.8) is 0 Å². The second-order valence-corrected chi connectivity index (χ2v) is 8.68. The molecule has 0 N–H and O–H groups in total. The molecule has 5 nitrogen and oxygen atoms in total. The molecule has 5 rings (SSSR count). The summed E-state index contributed by atoms with van der Waals surface area (Å²) in [6.07, 6.45) is 0. The number of aryl methyl sites for hydroxylation is 1. The zero-order valence-corrected chi connectivity index (χ0v) is 16.5. The SMILES string of the molecule is Cc1ccc2nc(N3CCN(C(=O)c4ccc5ncsc5c4)CC3)sc2c1. The van der Waals surface area contributed by atoms with Gasteiger partial charge in [0.15, 0.2) is 5.13 Å². The lowest BCUT2D eigenvalue weighted by Gasteiger charge is -2.34. The first-order chi connectivity index (χ1) is 13.2. The van der Waals surface area contributed by atoms with E-state index in [2.05, 4.69) is 35.0 Å². The number of anilines is 1. The van der Waals surface area contributed by atoms with E-state index in [1.807, 2.05) is 28.6 Å². The Hall–Kier alpha value is -2.51. The maximum absolute atomic E-state index is 12.9. The van der Waals surface area contributed by atoms with Crippen molar-refractivity contribution in [3.8, 4) is 0 Å². The number of rotatable bonds is 2. The summed E-state index contributed by atoms with van der Waals surface area (Å²) in [7, 11) is 0. The van der Waals surface area contributed by atoms with E-state index in [0.717, 1.165) is 39.5 Å². The van der Waals surface area contributed by atoms with Crippen LogP contribution >= 0.6 is 22.7 Å². The molecule has 4 aromatic rings. The highest BCUT2D eigenvalue weighted by molar-refractivity contribution is 7.22. The second kappa shape index (κ2) is 6.58. The van der Waals surface area contributed by atoms with Gasteiger partial charge in [-0.05, 0) is 42.8 Å². The summed E-state index contributed by atoms with van der Waals surface area (Å²) in [5.74, 6) is 0.102. The summed E-state index contributed by atoms with van der Waals surface area (Å²) >= 11 is 3.30. The van der Waals surface area contributed by atoms with Gasteiger partial charge in [0.1, 0.15) is 0 Å². The van der Waals surface area contributed by atoms with E-state index in [4.69, 9.17) is 4.98 Å². The molecule has 1 saturated heterocycles. The Kier molecular flexibility index (Phi) is 4.06. The van der Waals surface area contributed by atoms with Gasteiger partial charge >= 0.3 is 0 Å². The fraction of sp³-hybridized carbons (Fsp3) is 0.250. The van der Waals surface area contributed by atoms with E-state index in [1.54, 1.807) is 22.7 Å². The van der Waals surface area contributed by atoms with Crippen molar-refractivity contribution in [1.82, 2.24) is 14.9 Å². The zero-order chi connectivity index (χ0) is 18.4. The van der Waals surface area contributed by atoms with E-state index >= 15 is 0 Å². The number of thiazole rings is 2. The molecule has 1 aliphatic heterocycles. The number of amides is 1. The third kappa shape index (κ3) is 3.07. The van der Waals surface area contributed by atoms with Crippen LogP contribution in [-0.2, 0) is 0 Å². The molecule has 0 spiro atoms. The molecule has 0 bridgehead atoms. The molecule has 2 aromatic carbocycles. The van der Waals surface area contributed by atoms with Crippen molar-refractivity contribution in [1.29, 1.82) is 0 Å². The summed E-state index contributed by atoms with van der Waals surface area (Å²) in [6, 6.07) is 12.1. The average molecular weight is 395 g/mol. The number of hydrogen-bond donors (Lipinski definition) is 0. The maximum atomic E-state index is 12.9. The first-order valence-electron chi connectivity index (χ1n) is 8.92. The van der Waals surface area contributed by atoms with E-state index in [1.165, 1.54) is 10.3 Å². The molecule has 7 heteroatoms. The van der Waals surface area contributed by atoms with Gasteiger partial charge in [0.25, 0.3) is 5.91 Å². The second-order valence-electron chi connectivity index (χ2n) is 6.78. The lowest BCUT2D eigenvalue weighted by atomic mass is 10.1. The first kappa shape index (κ1) is 16.6. The highest BCUT2D eigenvalue weighted by Gasteiger charge is 2.24. The van der Waals surface area contributed by atoms with Gasteiger partial charge in [-0.15, -0.1) is 11.3 Å². The standard InChI is InChI=1S/C20H18N4OS2/c1-13-2-4-16-18(10-13)27-20(22-16)24-8-6-23(7-9-24)19(25)14-3-5-15-17(11-14)26-12-21-15/h2-5,10-12H,6-9H2,1H3. The first-order valence-corrected chi connectivity index (χ1v) is 10.6. The Morgan fingerprint density at radius 1 is 1.00 bits per heavy atom. The molecular weight excluding hydrogens is 376 g/mol. The molecule has 0 aliphatic carbocycles.